The number of hydrogen-bond acceptors (Lipinski definition) is 3. The van der Waals surface area contributed by atoms with E-state index in [0.717, 1.165) is 30.0 Å². The van der Waals surface area contributed by atoms with Crippen LogP contribution in [-0.2, 0) is 15.9 Å². The van der Waals surface area contributed by atoms with Crippen LogP contribution >= 0.6 is 11.6 Å². The standard InChI is InChI=1S/C14H22ClNO2/c1-17-8-9-18-7-6-12(11-16)10-13-4-2-3-5-14(13)15/h2-5,12H,6-11,16H2,1H3. The van der Waals surface area contributed by atoms with E-state index in [-0.39, 0.29) is 0 Å². The summed E-state index contributed by atoms with van der Waals surface area (Å²) in [7, 11) is 1.67. The Kier molecular flexibility index (Phi) is 8.01. The molecule has 0 heterocycles. The second-order valence-corrected chi connectivity index (χ2v) is 4.70. The Morgan fingerprint density at radius 1 is 1.22 bits per heavy atom. The summed E-state index contributed by atoms with van der Waals surface area (Å²) in [6, 6.07) is 7.91. The van der Waals surface area contributed by atoms with E-state index in [1.165, 1.54) is 0 Å². The molecular weight excluding hydrogens is 250 g/mol. The third-order valence-corrected chi connectivity index (χ3v) is 3.27. The van der Waals surface area contributed by atoms with E-state index < -0.39 is 0 Å². The van der Waals surface area contributed by atoms with E-state index in [2.05, 4.69) is 6.07 Å². The Hall–Kier alpha value is -0.610. The number of methoxy groups -OCH3 is 1. The van der Waals surface area contributed by atoms with Crippen molar-refractivity contribution in [1.29, 1.82) is 0 Å². The quantitative estimate of drug-likeness (QED) is 0.702. The fraction of sp³-hybridized carbons (Fsp3) is 0.571. The van der Waals surface area contributed by atoms with Crippen LogP contribution < -0.4 is 5.73 Å². The van der Waals surface area contributed by atoms with E-state index >= 15 is 0 Å². The van der Waals surface area contributed by atoms with Crippen LogP contribution in [0.1, 0.15) is 12.0 Å². The molecule has 0 aliphatic rings. The highest BCUT2D eigenvalue weighted by molar-refractivity contribution is 6.31. The summed E-state index contributed by atoms with van der Waals surface area (Å²) < 4.78 is 10.4. The van der Waals surface area contributed by atoms with E-state index in [1.807, 2.05) is 18.2 Å². The van der Waals surface area contributed by atoms with Crippen molar-refractivity contribution in [3.63, 3.8) is 0 Å². The number of rotatable bonds is 9. The lowest BCUT2D eigenvalue weighted by atomic mass is 9.96. The lowest BCUT2D eigenvalue weighted by molar-refractivity contribution is 0.0641. The van der Waals surface area contributed by atoms with E-state index in [4.69, 9.17) is 26.8 Å². The van der Waals surface area contributed by atoms with Gasteiger partial charge in [0.1, 0.15) is 0 Å². The van der Waals surface area contributed by atoms with Gasteiger partial charge >= 0.3 is 0 Å². The highest BCUT2D eigenvalue weighted by atomic mass is 35.5. The van der Waals surface area contributed by atoms with Crippen LogP contribution in [0.4, 0.5) is 0 Å². The third-order valence-electron chi connectivity index (χ3n) is 2.90. The molecule has 3 nitrogen and oxygen atoms in total. The van der Waals surface area contributed by atoms with Gasteiger partial charge in [0.05, 0.1) is 13.2 Å². The Balaban J connectivity index is 2.31. The Bertz CT molecular complexity index is 333. The molecule has 0 bridgehead atoms. The van der Waals surface area contributed by atoms with Gasteiger partial charge in [-0.25, -0.2) is 0 Å². The highest BCUT2D eigenvalue weighted by Gasteiger charge is 2.09. The molecule has 0 saturated carbocycles. The van der Waals surface area contributed by atoms with Gasteiger partial charge in [0.25, 0.3) is 0 Å². The van der Waals surface area contributed by atoms with Crippen molar-refractivity contribution in [1.82, 2.24) is 0 Å². The number of halogens is 1. The van der Waals surface area contributed by atoms with Crippen molar-refractivity contribution in [2.75, 3.05) is 33.5 Å². The molecule has 2 N–H and O–H groups in total. The van der Waals surface area contributed by atoms with Crippen molar-refractivity contribution >= 4 is 11.6 Å². The largest absolute Gasteiger partial charge is 0.382 e. The molecule has 0 aliphatic heterocycles. The van der Waals surface area contributed by atoms with Crippen molar-refractivity contribution in [2.45, 2.75) is 12.8 Å². The normalized spacial score (nSPS) is 12.6. The first-order valence-corrected chi connectivity index (χ1v) is 6.66. The van der Waals surface area contributed by atoms with Gasteiger partial charge in [0, 0.05) is 18.7 Å². The monoisotopic (exact) mass is 271 g/mol. The summed E-state index contributed by atoms with van der Waals surface area (Å²) in [5.41, 5.74) is 6.95. The van der Waals surface area contributed by atoms with Gasteiger partial charge in [-0.05, 0) is 36.9 Å². The van der Waals surface area contributed by atoms with Gasteiger partial charge in [-0.1, -0.05) is 29.8 Å². The Morgan fingerprint density at radius 2 is 2.00 bits per heavy atom. The molecule has 1 aromatic carbocycles. The number of benzene rings is 1. The van der Waals surface area contributed by atoms with Gasteiger partial charge in [0.2, 0.25) is 0 Å². The minimum atomic E-state index is 0.410. The maximum atomic E-state index is 6.14. The zero-order valence-electron chi connectivity index (χ0n) is 10.9. The lowest BCUT2D eigenvalue weighted by Crippen LogP contribution is -2.19. The molecule has 0 fully saturated rings. The fourth-order valence-corrected chi connectivity index (χ4v) is 1.99. The first-order valence-electron chi connectivity index (χ1n) is 6.28. The molecule has 1 aromatic rings. The summed E-state index contributed by atoms with van der Waals surface area (Å²) in [6.07, 6.45) is 1.86. The molecule has 0 spiro atoms. The number of hydrogen-bond donors (Lipinski definition) is 1. The molecule has 102 valence electrons. The fourth-order valence-electron chi connectivity index (χ4n) is 1.77. The molecule has 0 amide bonds. The summed E-state index contributed by atoms with van der Waals surface area (Å²) in [5, 5.41) is 0.816. The molecule has 0 radical (unpaired) electrons. The molecule has 0 aromatic heterocycles. The van der Waals surface area contributed by atoms with Gasteiger partial charge in [-0.3, -0.25) is 0 Å². The van der Waals surface area contributed by atoms with Gasteiger partial charge in [0.15, 0.2) is 0 Å². The maximum absolute atomic E-state index is 6.14. The molecule has 1 unspecified atom stereocenters. The molecule has 1 rings (SSSR count). The lowest BCUT2D eigenvalue weighted by Gasteiger charge is -2.15. The first kappa shape index (κ1) is 15.4. The summed E-state index contributed by atoms with van der Waals surface area (Å²) >= 11 is 6.14. The van der Waals surface area contributed by atoms with Crippen LogP contribution in [0.15, 0.2) is 24.3 Å². The summed E-state index contributed by atoms with van der Waals surface area (Å²) in [6.45, 7) is 2.65. The molecule has 4 heteroatoms. The first-order chi connectivity index (χ1) is 8.77. The maximum Gasteiger partial charge on any atom is 0.0700 e. The number of ether oxygens (including phenoxy) is 2. The van der Waals surface area contributed by atoms with E-state index in [0.29, 0.717) is 25.7 Å². The van der Waals surface area contributed by atoms with E-state index in [9.17, 15) is 0 Å². The minimum Gasteiger partial charge on any atom is -0.382 e. The molecule has 0 saturated heterocycles. The number of nitrogens with two attached hydrogens (primary N) is 1. The third kappa shape index (κ3) is 5.83. The minimum absolute atomic E-state index is 0.410. The van der Waals surface area contributed by atoms with Gasteiger partial charge in [-0.2, -0.15) is 0 Å². The molecule has 0 aliphatic carbocycles. The van der Waals surface area contributed by atoms with Crippen molar-refractivity contribution in [3.05, 3.63) is 34.9 Å². The van der Waals surface area contributed by atoms with Crippen LogP contribution in [0, 0.1) is 5.92 Å². The topological polar surface area (TPSA) is 44.5 Å². The molecule has 18 heavy (non-hydrogen) atoms. The predicted molar refractivity (Wildman–Crippen MR) is 75.0 cm³/mol. The molecule has 1 atom stereocenters. The van der Waals surface area contributed by atoms with Crippen LogP contribution in [0.2, 0.25) is 5.02 Å². The average Bonchev–Trinajstić information content (AvgIpc) is 2.39. The molecular formula is C14H22ClNO2. The van der Waals surface area contributed by atoms with Crippen LogP contribution in [0.25, 0.3) is 0 Å². The van der Waals surface area contributed by atoms with Crippen molar-refractivity contribution < 1.29 is 9.47 Å². The smallest absolute Gasteiger partial charge is 0.0700 e. The zero-order chi connectivity index (χ0) is 13.2. The van der Waals surface area contributed by atoms with Crippen LogP contribution in [-0.4, -0.2) is 33.5 Å². The second-order valence-electron chi connectivity index (χ2n) is 4.29. The zero-order valence-corrected chi connectivity index (χ0v) is 11.7. The highest BCUT2D eigenvalue weighted by Crippen LogP contribution is 2.19. The van der Waals surface area contributed by atoms with Crippen molar-refractivity contribution in [3.8, 4) is 0 Å². The average molecular weight is 272 g/mol. The van der Waals surface area contributed by atoms with Crippen LogP contribution in [0.5, 0.6) is 0 Å². The van der Waals surface area contributed by atoms with Crippen molar-refractivity contribution in [2.24, 2.45) is 11.7 Å². The summed E-state index contributed by atoms with van der Waals surface area (Å²) in [5.74, 6) is 0.410. The predicted octanol–water partition coefficient (Wildman–Crippen LogP) is 2.51. The van der Waals surface area contributed by atoms with E-state index in [1.54, 1.807) is 7.11 Å². The SMILES string of the molecule is COCCOCCC(CN)Cc1ccccc1Cl. The van der Waals surface area contributed by atoms with Gasteiger partial charge < -0.3 is 15.2 Å². The Morgan fingerprint density at radius 3 is 2.67 bits per heavy atom. The van der Waals surface area contributed by atoms with Gasteiger partial charge in [-0.15, -0.1) is 0 Å². The Labute approximate surface area is 114 Å². The van der Waals surface area contributed by atoms with Crippen LogP contribution in [0.3, 0.4) is 0 Å². The summed E-state index contributed by atoms with van der Waals surface area (Å²) in [4.78, 5) is 0. The second kappa shape index (κ2) is 9.34.